The van der Waals surface area contributed by atoms with E-state index in [9.17, 15) is 14.4 Å². The van der Waals surface area contributed by atoms with Crippen molar-refractivity contribution in [3.8, 4) is 0 Å². The van der Waals surface area contributed by atoms with E-state index in [4.69, 9.17) is 10.2 Å². The fourth-order valence-electron chi connectivity index (χ4n) is 2.42. The third-order valence-corrected chi connectivity index (χ3v) is 3.34. The quantitative estimate of drug-likeness (QED) is 0.516. The molecule has 1 heterocycles. The smallest absolute Gasteiger partial charge is 0.326 e. The van der Waals surface area contributed by atoms with Gasteiger partial charge in [-0.3, -0.25) is 9.59 Å². The summed E-state index contributed by atoms with van der Waals surface area (Å²) in [5, 5.41) is 23.0. The number of carbonyl (C=O) groups is 3. The lowest BCUT2D eigenvalue weighted by atomic mass is 9.90. The monoisotopic (exact) mass is 272 g/mol. The van der Waals surface area contributed by atoms with Gasteiger partial charge in [-0.25, -0.2) is 4.79 Å². The molecule has 108 valence electrons. The van der Waals surface area contributed by atoms with Crippen molar-refractivity contribution in [1.29, 1.82) is 0 Å². The molecule has 1 saturated heterocycles. The minimum Gasteiger partial charge on any atom is -0.481 e. The summed E-state index contributed by atoms with van der Waals surface area (Å²) in [5.41, 5.74) is -0.749. The molecular formula is C12H20N2O5. The third kappa shape index (κ3) is 3.92. The maximum atomic E-state index is 12.2. The molecule has 2 atom stereocenters. The number of hydrogen-bond donors (Lipinski definition) is 4. The van der Waals surface area contributed by atoms with Gasteiger partial charge in [-0.15, -0.1) is 0 Å². The van der Waals surface area contributed by atoms with Crippen molar-refractivity contribution in [3.63, 3.8) is 0 Å². The molecule has 0 saturated carbocycles. The zero-order valence-corrected chi connectivity index (χ0v) is 10.9. The van der Waals surface area contributed by atoms with Crippen LogP contribution in [0.2, 0.25) is 0 Å². The largest absolute Gasteiger partial charge is 0.481 e. The van der Waals surface area contributed by atoms with Gasteiger partial charge in [-0.2, -0.15) is 0 Å². The van der Waals surface area contributed by atoms with Gasteiger partial charge >= 0.3 is 11.9 Å². The van der Waals surface area contributed by atoms with Gasteiger partial charge in [0.05, 0.1) is 12.0 Å². The van der Waals surface area contributed by atoms with Crippen molar-refractivity contribution in [2.45, 2.75) is 50.6 Å². The summed E-state index contributed by atoms with van der Waals surface area (Å²) >= 11 is 0. The Balaban J connectivity index is 2.74. The normalized spacial score (nSPS) is 23.8. The van der Waals surface area contributed by atoms with E-state index >= 15 is 0 Å². The molecule has 2 unspecified atom stereocenters. The molecular weight excluding hydrogens is 252 g/mol. The lowest BCUT2D eigenvalue weighted by Gasteiger charge is -2.29. The maximum Gasteiger partial charge on any atom is 0.326 e. The van der Waals surface area contributed by atoms with E-state index in [1.165, 1.54) is 0 Å². The number of aliphatic carboxylic acids is 2. The van der Waals surface area contributed by atoms with Gasteiger partial charge in [0.1, 0.15) is 6.04 Å². The van der Waals surface area contributed by atoms with Gasteiger partial charge in [0.15, 0.2) is 0 Å². The number of hydrogen-bond acceptors (Lipinski definition) is 4. The van der Waals surface area contributed by atoms with Crippen LogP contribution in [-0.2, 0) is 14.4 Å². The fourth-order valence-corrected chi connectivity index (χ4v) is 2.42. The zero-order valence-electron chi connectivity index (χ0n) is 10.9. The van der Waals surface area contributed by atoms with Gasteiger partial charge in [0.2, 0.25) is 5.91 Å². The first-order valence-electron chi connectivity index (χ1n) is 6.42. The fraction of sp³-hybridized carbons (Fsp3) is 0.750. The zero-order chi connectivity index (χ0) is 14.5. The topological polar surface area (TPSA) is 116 Å². The molecule has 0 aliphatic carbocycles. The molecule has 1 fully saturated rings. The molecule has 0 aromatic rings. The highest BCUT2D eigenvalue weighted by molar-refractivity contribution is 5.91. The SMILES string of the molecule is CCCC1(C(=O)NC(CC(=O)O)C(=O)O)CCCN1. The number of amides is 1. The summed E-state index contributed by atoms with van der Waals surface area (Å²) < 4.78 is 0. The summed E-state index contributed by atoms with van der Waals surface area (Å²) in [7, 11) is 0. The number of carboxylic acids is 2. The Labute approximate surface area is 111 Å². The van der Waals surface area contributed by atoms with Crippen molar-refractivity contribution in [3.05, 3.63) is 0 Å². The predicted octanol–water partition coefficient (Wildman–Crippen LogP) is -0.0472. The summed E-state index contributed by atoms with van der Waals surface area (Å²) in [5.74, 6) is -3.00. The minimum absolute atomic E-state index is 0.416. The highest BCUT2D eigenvalue weighted by Gasteiger charge is 2.41. The van der Waals surface area contributed by atoms with Crippen LogP contribution in [0.3, 0.4) is 0 Å². The summed E-state index contributed by atoms with van der Waals surface area (Å²) in [6.07, 6.45) is 2.27. The van der Waals surface area contributed by atoms with E-state index in [1.54, 1.807) is 0 Å². The molecule has 0 aromatic heterocycles. The van der Waals surface area contributed by atoms with E-state index in [0.29, 0.717) is 19.4 Å². The van der Waals surface area contributed by atoms with Gasteiger partial charge in [0, 0.05) is 0 Å². The average Bonchev–Trinajstić information content (AvgIpc) is 2.77. The second-order valence-electron chi connectivity index (χ2n) is 4.82. The van der Waals surface area contributed by atoms with E-state index < -0.39 is 35.8 Å². The van der Waals surface area contributed by atoms with E-state index in [2.05, 4.69) is 10.6 Å². The van der Waals surface area contributed by atoms with Crippen LogP contribution in [0.5, 0.6) is 0 Å². The van der Waals surface area contributed by atoms with Crippen molar-refractivity contribution in [2.24, 2.45) is 0 Å². The Morgan fingerprint density at radius 1 is 1.37 bits per heavy atom. The van der Waals surface area contributed by atoms with E-state index in [1.807, 2.05) is 6.92 Å². The summed E-state index contributed by atoms with van der Waals surface area (Å²) in [6, 6.07) is -1.39. The highest BCUT2D eigenvalue weighted by Crippen LogP contribution is 2.25. The third-order valence-electron chi connectivity index (χ3n) is 3.34. The summed E-state index contributed by atoms with van der Waals surface area (Å²) in [4.78, 5) is 33.8. The van der Waals surface area contributed by atoms with Crippen LogP contribution in [0.1, 0.15) is 39.0 Å². The molecule has 0 bridgehead atoms. The molecule has 7 heteroatoms. The van der Waals surface area contributed by atoms with E-state index in [-0.39, 0.29) is 0 Å². The molecule has 4 N–H and O–H groups in total. The minimum atomic E-state index is -1.39. The van der Waals surface area contributed by atoms with Crippen LogP contribution in [0, 0.1) is 0 Å². The number of nitrogens with one attached hydrogen (secondary N) is 2. The first-order valence-corrected chi connectivity index (χ1v) is 6.42. The van der Waals surface area contributed by atoms with Gasteiger partial charge < -0.3 is 20.8 Å². The number of rotatable bonds is 7. The second kappa shape index (κ2) is 6.51. The Morgan fingerprint density at radius 3 is 2.47 bits per heavy atom. The molecule has 0 spiro atoms. The van der Waals surface area contributed by atoms with E-state index in [0.717, 1.165) is 12.8 Å². The second-order valence-corrected chi connectivity index (χ2v) is 4.82. The van der Waals surface area contributed by atoms with Crippen LogP contribution in [-0.4, -0.2) is 46.2 Å². The highest BCUT2D eigenvalue weighted by atomic mass is 16.4. The van der Waals surface area contributed by atoms with Crippen LogP contribution in [0.4, 0.5) is 0 Å². The molecule has 1 aliphatic rings. The van der Waals surface area contributed by atoms with Crippen molar-refractivity contribution in [2.75, 3.05) is 6.54 Å². The lowest BCUT2D eigenvalue weighted by molar-refractivity contribution is -0.148. The Morgan fingerprint density at radius 2 is 2.05 bits per heavy atom. The number of carboxylic acid groups (broad SMARTS) is 2. The van der Waals surface area contributed by atoms with Crippen LogP contribution in [0.25, 0.3) is 0 Å². The predicted molar refractivity (Wildman–Crippen MR) is 66.7 cm³/mol. The van der Waals surface area contributed by atoms with Crippen molar-refractivity contribution < 1.29 is 24.6 Å². The van der Waals surface area contributed by atoms with Crippen LogP contribution < -0.4 is 10.6 Å². The molecule has 0 radical (unpaired) electrons. The molecule has 19 heavy (non-hydrogen) atoms. The Hall–Kier alpha value is -1.63. The number of carbonyl (C=O) groups excluding carboxylic acids is 1. The molecule has 1 rings (SSSR count). The van der Waals surface area contributed by atoms with Gasteiger partial charge in [0.25, 0.3) is 0 Å². The Bertz CT molecular complexity index is 363. The molecule has 1 amide bonds. The average molecular weight is 272 g/mol. The summed E-state index contributed by atoms with van der Waals surface area (Å²) in [6.45, 7) is 2.66. The molecule has 0 aromatic carbocycles. The van der Waals surface area contributed by atoms with Crippen molar-refractivity contribution >= 4 is 17.8 Å². The van der Waals surface area contributed by atoms with Crippen molar-refractivity contribution in [1.82, 2.24) is 10.6 Å². The van der Waals surface area contributed by atoms with Crippen LogP contribution >= 0.6 is 0 Å². The molecule has 7 nitrogen and oxygen atoms in total. The Kier molecular flexibility index (Phi) is 5.29. The first kappa shape index (κ1) is 15.4. The van der Waals surface area contributed by atoms with Gasteiger partial charge in [-0.05, 0) is 25.8 Å². The van der Waals surface area contributed by atoms with Crippen LogP contribution in [0.15, 0.2) is 0 Å². The standard InChI is InChI=1S/C12H20N2O5/c1-2-4-12(5-3-6-13-12)11(19)14-8(10(17)18)7-9(15)16/h8,13H,2-7H2,1H3,(H,14,19)(H,15,16)(H,17,18). The lowest BCUT2D eigenvalue weighted by Crippen LogP contribution is -2.57. The van der Waals surface area contributed by atoms with Gasteiger partial charge in [-0.1, -0.05) is 13.3 Å². The first-order chi connectivity index (χ1) is 8.91. The molecule has 1 aliphatic heterocycles. The maximum absolute atomic E-state index is 12.2.